The molecule has 0 atom stereocenters. The fraction of sp³-hybridized carbons (Fsp3) is 0.400. The summed E-state index contributed by atoms with van der Waals surface area (Å²) in [6.07, 6.45) is 0. The summed E-state index contributed by atoms with van der Waals surface area (Å²) in [5.74, 6) is -0.341. The summed E-state index contributed by atoms with van der Waals surface area (Å²) in [6.45, 7) is 13.8. The molecule has 1 heterocycles. The molecule has 126 valence electrons. The van der Waals surface area contributed by atoms with Gasteiger partial charge in [0.15, 0.2) is 0 Å². The molecule has 0 saturated heterocycles. The van der Waals surface area contributed by atoms with Crippen molar-refractivity contribution in [2.45, 2.75) is 48.5 Å². The van der Waals surface area contributed by atoms with E-state index in [0.29, 0.717) is 11.3 Å². The van der Waals surface area contributed by atoms with Gasteiger partial charge >= 0.3 is 5.97 Å². The van der Waals surface area contributed by atoms with Crippen molar-refractivity contribution in [2.75, 3.05) is 7.11 Å². The van der Waals surface area contributed by atoms with Gasteiger partial charge in [0, 0.05) is 11.3 Å². The molecule has 0 bridgehead atoms. The lowest BCUT2D eigenvalue weighted by Crippen LogP contribution is -2.10. The number of aromatic nitrogens is 1. The average molecular weight is 315 g/mol. The maximum Gasteiger partial charge on any atom is 0.340 e. The Morgan fingerprint density at radius 2 is 1.43 bits per heavy atom. The zero-order valence-corrected chi connectivity index (χ0v) is 15.7. The first-order valence-electron chi connectivity index (χ1n) is 8.17. The summed E-state index contributed by atoms with van der Waals surface area (Å²) >= 11 is 0. The number of rotatable bonds is 2. The number of carbonyl (C=O) groups excluding carboxylic acids is 1. The molecule has 2 rings (SSSR count). The average Bonchev–Trinajstić information content (AvgIpc) is 2.61. The Morgan fingerprint density at radius 1 is 0.913 bits per heavy atom. The molecule has 0 fully saturated rings. The Morgan fingerprint density at radius 3 is 1.91 bits per heavy atom. The highest BCUT2D eigenvalue weighted by Gasteiger charge is 2.20. The van der Waals surface area contributed by atoms with Crippen LogP contribution in [0, 0.1) is 20.8 Å². The molecule has 0 radical (unpaired) electrons. The predicted molar refractivity (Wildman–Crippen MR) is 97.9 cm³/mol. The molecule has 3 nitrogen and oxygen atoms in total. The number of benzene rings is 1. The van der Waals surface area contributed by atoms with Crippen molar-refractivity contribution in [3.8, 4) is 11.1 Å². The lowest BCUT2D eigenvalue weighted by Gasteiger charge is -2.15. The van der Waals surface area contributed by atoms with E-state index >= 15 is 0 Å². The molecule has 0 N–H and O–H groups in total. The van der Waals surface area contributed by atoms with Crippen molar-refractivity contribution < 1.29 is 9.53 Å². The molecule has 0 unspecified atom stereocenters. The largest absolute Gasteiger partial charge is 0.465 e. The van der Waals surface area contributed by atoms with Crippen molar-refractivity contribution in [3.05, 3.63) is 52.8 Å². The highest BCUT2D eigenvalue weighted by molar-refractivity contribution is 5.99. The maximum absolute atomic E-state index is 12.0. The van der Waals surface area contributed by atoms with Crippen molar-refractivity contribution >= 4 is 5.97 Å². The molecule has 0 spiro atoms. The second kappa shape index (κ2) is 10.5. The minimum absolute atomic E-state index is 0.341. The van der Waals surface area contributed by atoms with Gasteiger partial charge in [-0.3, -0.25) is 4.98 Å². The van der Waals surface area contributed by atoms with Crippen LogP contribution in [0.15, 0.2) is 30.3 Å². The number of carbonyl (C=O) groups is 1. The summed E-state index contributed by atoms with van der Waals surface area (Å²) in [5.41, 5.74) is 5.12. The third-order valence-corrected chi connectivity index (χ3v) is 3.32. The van der Waals surface area contributed by atoms with Crippen LogP contribution in [0.2, 0.25) is 0 Å². The van der Waals surface area contributed by atoms with Crippen molar-refractivity contribution in [1.29, 1.82) is 0 Å². The SMILES string of the molecule is CC.CC.COC(=O)c1c(C)nc(C)c(C)c1-c1ccccc1. The number of nitrogens with zero attached hydrogens (tertiary/aromatic N) is 1. The Kier molecular flexibility index (Phi) is 9.56. The number of ether oxygens (including phenoxy) is 1. The standard InChI is InChI=1S/C16H17NO2.2C2H6/c1-10-11(2)17-12(3)15(16(18)19-4)14(10)13-8-6-5-7-9-13;2*1-2/h5-9H,1-4H3;2*1-2H3. The Balaban J connectivity index is 0.00000112. The van der Waals surface area contributed by atoms with Gasteiger partial charge in [0.25, 0.3) is 0 Å². The van der Waals surface area contributed by atoms with E-state index in [1.165, 1.54) is 7.11 Å². The summed E-state index contributed by atoms with van der Waals surface area (Å²) in [5, 5.41) is 0. The van der Waals surface area contributed by atoms with Gasteiger partial charge in [0.1, 0.15) is 0 Å². The third-order valence-electron chi connectivity index (χ3n) is 3.32. The fourth-order valence-corrected chi connectivity index (χ4v) is 2.26. The highest BCUT2D eigenvalue weighted by Crippen LogP contribution is 2.30. The van der Waals surface area contributed by atoms with E-state index in [1.807, 2.05) is 78.8 Å². The van der Waals surface area contributed by atoms with Gasteiger partial charge in [0.2, 0.25) is 0 Å². The third kappa shape index (κ3) is 4.92. The molecule has 0 saturated carbocycles. The van der Waals surface area contributed by atoms with Gasteiger partial charge in [-0.15, -0.1) is 0 Å². The van der Waals surface area contributed by atoms with E-state index in [1.54, 1.807) is 0 Å². The molecular formula is C20H29NO2. The van der Waals surface area contributed by atoms with Crippen LogP contribution in [0.3, 0.4) is 0 Å². The van der Waals surface area contributed by atoms with E-state index in [4.69, 9.17) is 4.74 Å². The molecule has 0 aliphatic carbocycles. The van der Waals surface area contributed by atoms with Crippen LogP contribution in [0.4, 0.5) is 0 Å². The van der Waals surface area contributed by atoms with Crippen LogP contribution in [0.5, 0.6) is 0 Å². The van der Waals surface area contributed by atoms with Crippen LogP contribution in [0.25, 0.3) is 11.1 Å². The second-order valence-electron chi connectivity index (χ2n) is 4.52. The number of esters is 1. The van der Waals surface area contributed by atoms with Crippen LogP contribution in [-0.4, -0.2) is 18.1 Å². The molecule has 2 aromatic rings. The highest BCUT2D eigenvalue weighted by atomic mass is 16.5. The predicted octanol–water partition coefficient (Wildman–Crippen LogP) is 5.51. The van der Waals surface area contributed by atoms with Crippen LogP contribution in [-0.2, 0) is 4.74 Å². The second-order valence-corrected chi connectivity index (χ2v) is 4.52. The zero-order valence-electron chi connectivity index (χ0n) is 15.7. The number of aryl methyl sites for hydroxylation is 2. The van der Waals surface area contributed by atoms with Crippen LogP contribution >= 0.6 is 0 Å². The van der Waals surface area contributed by atoms with Crippen LogP contribution < -0.4 is 0 Å². The Hall–Kier alpha value is -2.16. The number of hydrogen-bond donors (Lipinski definition) is 0. The normalized spacial score (nSPS) is 9.04. The molecular weight excluding hydrogens is 286 g/mol. The molecule has 3 heteroatoms. The van der Waals surface area contributed by atoms with Crippen LogP contribution in [0.1, 0.15) is 55.0 Å². The van der Waals surface area contributed by atoms with E-state index in [9.17, 15) is 4.79 Å². The minimum atomic E-state index is -0.341. The van der Waals surface area contributed by atoms with Crippen molar-refractivity contribution in [1.82, 2.24) is 4.98 Å². The van der Waals surface area contributed by atoms with Gasteiger partial charge in [0.05, 0.1) is 18.4 Å². The fourth-order valence-electron chi connectivity index (χ4n) is 2.26. The summed E-state index contributed by atoms with van der Waals surface area (Å²) in [4.78, 5) is 16.5. The maximum atomic E-state index is 12.0. The van der Waals surface area contributed by atoms with E-state index in [-0.39, 0.29) is 5.97 Å². The van der Waals surface area contributed by atoms with Gasteiger partial charge < -0.3 is 4.74 Å². The molecule has 1 aromatic heterocycles. The smallest absolute Gasteiger partial charge is 0.340 e. The summed E-state index contributed by atoms with van der Waals surface area (Å²) in [7, 11) is 1.39. The molecule has 23 heavy (non-hydrogen) atoms. The van der Waals surface area contributed by atoms with E-state index in [2.05, 4.69) is 4.98 Å². The quantitative estimate of drug-likeness (QED) is 0.686. The van der Waals surface area contributed by atoms with Gasteiger partial charge in [-0.1, -0.05) is 58.0 Å². The van der Waals surface area contributed by atoms with Gasteiger partial charge in [-0.05, 0) is 31.9 Å². The monoisotopic (exact) mass is 315 g/mol. The Bertz CT molecular complexity index is 619. The van der Waals surface area contributed by atoms with Crippen molar-refractivity contribution in [3.63, 3.8) is 0 Å². The Labute approximate surface area is 140 Å². The number of hydrogen-bond acceptors (Lipinski definition) is 3. The minimum Gasteiger partial charge on any atom is -0.465 e. The van der Waals surface area contributed by atoms with E-state index < -0.39 is 0 Å². The number of pyridine rings is 1. The molecule has 0 amide bonds. The first-order chi connectivity index (χ1) is 11.1. The number of methoxy groups -OCH3 is 1. The van der Waals surface area contributed by atoms with Crippen molar-refractivity contribution in [2.24, 2.45) is 0 Å². The zero-order chi connectivity index (χ0) is 18.0. The van der Waals surface area contributed by atoms with Gasteiger partial charge in [-0.25, -0.2) is 4.79 Å². The summed E-state index contributed by atoms with van der Waals surface area (Å²) in [6, 6.07) is 9.86. The lowest BCUT2D eigenvalue weighted by molar-refractivity contribution is 0.0600. The van der Waals surface area contributed by atoms with Gasteiger partial charge in [-0.2, -0.15) is 0 Å². The first kappa shape index (κ1) is 20.8. The summed E-state index contributed by atoms with van der Waals surface area (Å²) < 4.78 is 4.90. The molecule has 0 aliphatic heterocycles. The first-order valence-corrected chi connectivity index (χ1v) is 8.17. The van der Waals surface area contributed by atoms with E-state index in [0.717, 1.165) is 22.4 Å². The topological polar surface area (TPSA) is 39.2 Å². The molecule has 0 aliphatic rings. The molecule has 1 aromatic carbocycles. The lowest BCUT2D eigenvalue weighted by atomic mass is 9.93.